The van der Waals surface area contributed by atoms with Crippen LogP contribution in [-0.2, 0) is 16.6 Å². The van der Waals surface area contributed by atoms with E-state index in [0.29, 0.717) is 36.3 Å². The summed E-state index contributed by atoms with van der Waals surface area (Å²) in [6, 6.07) is 11.2. The Morgan fingerprint density at radius 3 is 2.63 bits per heavy atom. The zero-order chi connectivity index (χ0) is 20.6. The van der Waals surface area contributed by atoms with E-state index in [1.165, 1.54) is 5.56 Å². The smallest absolute Gasteiger partial charge is 0.246 e. The molecule has 1 saturated carbocycles. The highest BCUT2D eigenvalue weighted by Crippen LogP contribution is 2.41. The number of piperidine rings is 1. The third-order valence-corrected chi connectivity index (χ3v) is 8.57. The quantitative estimate of drug-likeness (QED) is 0.750. The Hall–Kier alpha value is -1.96. The van der Waals surface area contributed by atoms with Gasteiger partial charge in [0.15, 0.2) is 0 Å². The molecule has 7 heteroatoms. The average Bonchev–Trinajstić information content (AvgIpc) is 3.58. The van der Waals surface area contributed by atoms with Crippen LogP contribution in [0.1, 0.15) is 31.2 Å². The molecule has 0 unspecified atom stereocenters. The molecule has 1 saturated heterocycles. The first-order valence-corrected chi connectivity index (χ1v) is 12.3. The van der Waals surface area contributed by atoms with Crippen LogP contribution in [0, 0.1) is 11.3 Å². The topological polar surface area (TPSA) is 62.7 Å². The fourth-order valence-corrected chi connectivity index (χ4v) is 6.41. The van der Waals surface area contributed by atoms with E-state index >= 15 is 0 Å². The number of fused-ring (bicyclic) bond motifs is 1. The van der Waals surface area contributed by atoms with Gasteiger partial charge in [0, 0.05) is 37.4 Å². The second-order valence-corrected chi connectivity index (χ2v) is 11.0. The van der Waals surface area contributed by atoms with E-state index in [1.54, 1.807) is 28.7 Å². The lowest BCUT2D eigenvalue weighted by atomic mass is 9.78. The van der Waals surface area contributed by atoms with Gasteiger partial charge in [-0.1, -0.05) is 18.2 Å². The van der Waals surface area contributed by atoms with Crippen molar-refractivity contribution in [2.75, 3.05) is 32.8 Å². The van der Waals surface area contributed by atoms with Crippen LogP contribution in [0.2, 0.25) is 0 Å². The van der Waals surface area contributed by atoms with Crippen molar-refractivity contribution in [2.24, 2.45) is 11.3 Å². The molecule has 2 aromatic rings. The first kappa shape index (κ1) is 20.0. The average molecular weight is 428 g/mol. The Labute approximate surface area is 178 Å². The summed E-state index contributed by atoms with van der Waals surface area (Å²) < 4.78 is 34.9. The number of likely N-dealkylation sites (tertiary alicyclic amines) is 1. The van der Waals surface area contributed by atoms with Crippen molar-refractivity contribution < 1.29 is 13.2 Å². The maximum atomic E-state index is 13.5. The van der Waals surface area contributed by atoms with Crippen LogP contribution in [0.5, 0.6) is 5.75 Å². The van der Waals surface area contributed by atoms with E-state index in [4.69, 9.17) is 4.74 Å². The molecular weight excluding hydrogens is 398 g/mol. The Balaban J connectivity index is 1.37. The van der Waals surface area contributed by atoms with Crippen LogP contribution in [-0.4, -0.2) is 55.4 Å². The summed E-state index contributed by atoms with van der Waals surface area (Å²) in [7, 11) is -3.55. The van der Waals surface area contributed by atoms with Gasteiger partial charge in [0.25, 0.3) is 0 Å². The highest BCUT2D eigenvalue weighted by Gasteiger charge is 2.44. The summed E-state index contributed by atoms with van der Waals surface area (Å²) >= 11 is 0. The molecule has 0 radical (unpaired) electrons. The molecule has 0 bridgehead atoms. The fourth-order valence-electron chi connectivity index (χ4n) is 4.65. The standard InChI is InChI=1S/C23H29N3O3S/c27-30(28)22-6-2-1-5-21(22)29-18-23(17-26(30)16-19-7-8-19)9-12-25(13-10-23)15-20-4-3-11-24-14-20/h1-6,11,14,19H,7-10,12-13,15-18H2. The summed E-state index contributed by atoms with van der Waals surface area (Å²) in [4.78, 5) is 6.97. The molecule has 1 spiro atoms. The lowest BCUT2D eigenvalue weighted by molar-refractivity contribution is 0.0319. The predicted molar refractivity (Wildman–Crippen MR) is 115 cm³/mol. The van der Waals surface area contributed by atoms with Crippen LogP contribution in [0.3, 0.4) is 0 Å². The van der Waals surface area contributed by atoms with Crippen LogP contribution >= 0.6 is 0 Å². The van der Waals surface area contributed by atoms with E-state index < -0.39 is 10.0 Å². The van der Waals surface area contributed by atoms with Crippen LogP contribution in [0.15, 0.2) is 53.7 Å². The van der Waals surface area contributed by atoms with Crippen molar-refractivity contribution in [3.05, 3.63) is 54.4 Å². The van der Waals surface area contributed by atoms with Gasteiger partial charge in [0.2, 0.25) is 10.0 Å². The van der Waals surface area contributed by atoms with Gasteiger partial charge in [-0.05, 0) is 68.5 Å². The van der Waals surface area contributed by atoms with Gasteiger partial charge < -0.3 is 4.74 Å². The molecule has 0 amide bonds. The van der Waals surface area contributed by atoms with Gasteiger partial charge in [-0.3, -0.25) is 9.88 Å². The molecule has 2 fully saturated rings. The summed E-state index contributed by atoms with van der Waals surface area (Å²) in [6.07, 6.45) is 7.86. The maximum absolute atomic E-state index is 13.5. The Morgan fingerprint density at radius 1 is 1.10 bits per heavy atom. The first-order valence-electron chi connectivity index (χ1n) is 10.9. The zero-order valence-corrected chi connectivity index (χ0v) is 18.1. The predicted octanol–water partition coefficient (Wildman–Crippen LogP) is 3.16. The minimum absolute atomic E-state index is 0.138. The molecule has 2 aliphatic heterocycles. The highest BCUT2D eigenvalue weighted by molar-refractivity contribution is 7.89. The van der Waals surface area contributed by atoms with Crippen molar-refractivity contribution in [2.45, 2.75) is 37.1 Å². The van der Waals surface area contributed by atoms with Crippen LogP contribution in [0.4, 0.5) is 0 Å². The van der Waals surface area contributed by atoms with Gasteiger partial charge in [-0.25, -0.2) is 8.42 Å². The number of aromatic nitrogens is 1. The second-order valence-electron chi connectivity index (χ2n) is 9.11. The molecule has 5 rings (SSSR count). The minimum atomic E-state index is -3.55. The molecular formula is C23H29N3O3S. The van der Waals surface area contributed by atoms with Gasteiger partial charge in [-0.15, -0.1) is 0 Å². The van der Waals surface area contributed by atoms with Gasteiger partial charge >= 0.3 is 0 Å². The largest absolute Gasteiger partial charge is 0.492 e. The normalized spacial score (nSPS) is 23.9. The van der Waals surface area contributed by atoms with Crippen molar-refractivity contribution in [1.82, 2.24) is 14.2 Å². The number of rotatable bonds is 4. The van der Waals surface area contributed by atoms with Crippen LogP contribution in [0.25, 0.3) is 0 Å². The van der Waals surface area contributed by atoms with Crippen molar-refractivity contribution in [3.8, 4) is 5.75 Å². The third kappa shape index (κ3) is 4.11. The molecule has 6 nitrogen and oxygen atoms in total. The Kier molecular flexibility index (Phi) is 5.29. The van der Waals surface area contributed by atoms with Gasteiger partial charge in [0.05, 0.1) is 6.61 Å². The van der Waals surface area contributed by atoms with Crippen molar-refractivity contribution in [3.63, 3.8) is 0 Å². The molecule has 1 aromatic heterocycles. The van der Waals surface area contributed by atoms with Crippen molar-refractivity contribution in [1.29, 1.82) is 0 Å². The summed E-state index contributed by atoms with van der Waals surface area (Å²) in [5.41, 5.74) is 1.08. The molecule has 0 N–H and O–H groups in total. The summed E-state index contributed by atoms with van der Waals surface area (Å²) in [5, 5.41) is 0. The zero-order valence-electron chi connectivity index (χ0n) is 17.2. The molecule has 30 heavy (non-hydrogen) atoms. The Morgan fingerprint density at radius 2 is 1.90 bits per heavy atom. The third-order valence-electron chi connectivity index (χ3n) is 6.72. The maximum Gasteiger partial charge on any atom is 0.246 e. The van der Waals surface area contributed by atoms with E-state index in [0.717, 1.165) is 45.3 Å². The minimum Gasteiger partial charge on any atom is -0.492 e. The number of hydrogen-bond donors (Lipinski definition) is 0. The van der Waals surface area contributed by atoms with E-state index in [9.17, 15) is 8.42 Å². The number of sulfonamides is 1. The van der Waals surface area contributed by atoms with Crippen molar-refractivity contribution >= 4 is 10.0 Å². The SMILES string of the molecule is O=S1(=O)c2ccccc2OCC2(CCN(Cc3cccnc3)CC2)CN1CC1CC1. The molecule has 1 aliphatic carbocycles. The van der Waals surface area contributed by atoms with Crippen LogP contribution < -0.4 is 4.74 Å². The number of nitrogens with zero attached hydrogens (tertiary/aromatic N) is 3. The number of para-hydroxylation sites is 1. The second kappa shape index (κ2) is 7.94. The number of hydrogen-bond acceptors (Lipinski definition) is 5. The molecule has 3 aliphatic rings. The Bertz CT molecular complexity index is 984. The van der Waals surface area contributed by atoms with E-state index in [1.807, 2.05) is 18.3 Å². The highest BCUT2D eigenvalue weighted by atomic mass is 32.2. The molecule has 160 valence electrons. The molecule has 1 aromatic carbocycles. The first-order chi connectivity index (χ1) is 14.5. The number of pyridine rings is 1. The molecule has 0 atom stereocenters. The van der Waals surface area contributed by atoms with E-state index in [2.05, 4.69) is 16.0 Å². The lowest BCUT2D eigenvalue weighted by Gasteiger charge is -2.45. The number of ether oxygens (including phenoxy) is 1. The summed E-state index contributed by atoms with van der Waals surface area (Å²) in [5.74, 6) is 1.00. The van der Waals surface area contributed by atoms with Gasteiger partial charge in [-0.2, -0.15) is 4.31 Å². The number of benzene rings is 1. The molecule has 3 heterocycles. The summed E-state index contributed by atoms with van der Waals surface area (Å²) in [6.45, 7) is 4.53. The lowest BCUT2D eigenvalue weighted by Crippen LogP contribution is -2.51. The van der Waals surface area contributed by atoms with E-state index in [-0.39, 0.29) is 5.41 Å². The van der Waals surface area contributed by atoms with Gasteiger partial charge in [0.1, 0.15) is 10.6 Å². The fraction of sp³-hybridized carbons (Fsp3) is 0.522. The monoisotopic (exact) mass is 427 g/mol.